The van der Waals surface area contributed by atoms with E-state index in [9.17, 15) is 18.0 Å². The molecule has 1 rings (SSSR count). The zero-order valence-electron chi connectivity index (χ0n) is 7.31. The number of aromatic amines is 1. The minimum atomic E-state index is -4.90. The summed E-state index contributed by atoms with van der Waals surface area (Å²) in [6.07, 6.45) is -4.90. The molecule has 0 unspecified atom stereocenters. The van der Waals surface area contributed by atoms with Crippen LogP contribution in [0.5, 0.6) is 11.5 Å². The zero-order chi connectivity index (χ0) is 11.6. The van der Waals surface area contributed by atoms with Crippen molar-refractivity contribution in [2.45, 2.75) is 6.36 Å². The Morgan fingerprint density at radius 3 is 2.47 bits per heavy atom. The number of aromatic nitrogens is 1. The van der Waals surface area contributed by atoms with E-state index in [0.29, 0.717) is 3.70 Å². The highest BCUT2D eigenvalue weighted by molar-refractivity contribution is 14.1. The monoisotopic (exact) mass is 335 g/mol. The first-order chi connectivity index (χ1) is 6.83. The van der Waals surface area contributed by atoms with Crippen LogP contribution in [0.3, 0.4) is 0 Å². The summed E-state index contributed by atoms with van der Waals surface area (Å²) < 4.78 is 44.1. The summed E-state index contributed by atoms with van der Waals surface area (Å²) in [5, 5.41) is 0. The Bertz CT molecular complexity index is 415. The average molecular weight is 335 g/mol. The summed E-state index contributed by atoms with van der Waals surface area (Å²) >= 11 is 1.72. The van der Waals surface area contributed by atoms with E-state index >= 15 is 0 Å². The van der Waals surface area contributed by atoms with Crippen LogP contribution in [0.25, 0.3) is 0 Å². The molecule has 8 heteroatoms. The molecule has 1 N–H and O–H groups in total. The summed E-state index contributed by atoms with van der Waals surface area (Å²) in [5.41, 5.74) is -0.961. The van der Waals surface area contributed by atoms with Gasteiger partial charge in [-0.1, -0.05) is 0 Å². The number of methoxy groups -OCH3 is 1. The fourth-order valence-electron chi connectivity index (χ4n) is 0.820. The topological polar surface area (TPSA) is 51.3 Å². The predicted molar refractivity (Wildman–Crippen MR) is 53.0 cm³/mol. The molecule has 0 spiro atoms. The van der Waals surface area contributed by atoms with E-state index in [4.69, 9.17) is 4.74 Å². The number of nitrogens with one attached hydrogen (secondary N) is 1. The van der Waals surface area contributed by atoms with Crippen molar-refractivity contribution in [3.8, 4) is 11.5 Å². The Balaban J connectivity index is 3.14. The van der Waals surface area contributed by atoms with Crippen molar-refractivity contribution < 1.29 is 22.6 Å². The smallest absolute Gasteiger partial charge is 0.494 e. The number of hydrogen-bond acceptors (Lipinski definition) is 3. The number of pyridine rings is 1. The van der Waals surface area contributed by atoms with Gasteiger partial charge in [0.2, 0.25) is 0 Å². The minimum absolute atomic E-state index is 0.106. The first-order valence-corrected chi connectivity index (χ1v) is 4.64. The molecule has 0 atom stereocenters. The fourth-order valence-corrected chi connectivity index (χ4v) is 1.44. The molecule has 0 aromatic carbocycles. The Hall–Kier alpha value is -0.930. The van der Waals surface area contributed by atoms with Gasteiger partial charge in [0.25, 0.3) is 5.56 Å². The van der Waals surface area contributed by atoms with Crippen LogP contribution in [0, 0.1) is 3.70 Å². The molecule has 84 valence electrons. The molecule has 0 aliphatic carbocycles. The quantitative estimate of drug-likeness (QED) is 0.663. The number of ether oxygens (including phenoxy) is 2. The Kier molecular flexibility index (Phi) is 3.47. The molecule has 0 aliphatic heterocycles. The van der Waals surface area contributed by atoms with E-state index in [1.54, 1.807) is 22.6 Å². The third-order valence-electron chi connectivity index (χ3n) is 1.37. The molecule has 0 saturated heterocycles. The van der Waals surface area contributed by atoms with Gasteiger partial charge in [-0.05, 0) is 22.6 Å². The molecule has 0 radical (unpaired) electrons. The van der Waals surface area contributed by atoms with Crippen LogP contribution in [-0.4, -0.2) is 18.5 Å². The van der Waals surface area contributed by atoms with Crippen molar-refractivity contribution in [2.75, 3.05) is 7.11 Å². The second-order valence-corrected chi connectivity index (χ2v) is 3.47. The van der Waals surface area contributed by atoms with Crippen LogP contribution >= 0.6 is 22.6 Å². The van der Waals surface area contributed by atoms with E-state index < -0.39 is 17.7 Å². The second-order valence-electron chi connectivity index (χ2n) is 2.39. The first kappa shape index (κ1) is 12.1. The third-order valence-corrected chi connectivity index (χ3v) is 2.17. The number of halogens is 4. The van der Waals surface area contributed by atoms with Crippen molar-refractivity contribution in [3.63, 3.8) is 0 Å². The minimum Gasteiger partial charge on any atom is -0.494 e. The standard InChI is InChI=1S/C7H5F3INO3/c1-14-3-2-4(15-7(8,9)10)6(13)12-5(3)11/h2H,1H3,(H,12,13). The van der Waals surface area contributed by atoms with Gasteiger partial charge in [-0.15, -0.1) is 13.2 Å². The van der Waals surface area contributed by atoms with Crippen molar-refractivity contribution in [3.05, 3.63) is 20.1 Å². The number of rotatable bonds is 2. The Morgan fingerprint density at radius 1 is 1.40 bits per heavy atom. The molecule has 15 heavy (non-hydrogen) atoms. The average Bonchev–Trinajstić information content (AvgIpc) is 2.07. The van der Waals surface area contributed by atoms with Crippen LogP contribution in [0.1, 0.15) is 0 Å². The number of H-pyrrole nitrogens is 1. The van der Waals surface area contributed by atoms with E-state index in [-0.39, 0.29) is 5.75 Å². The Morgan fingerprint density at radius 2 is 2.00 bits per heavy atom. The van der Waals surface area contributed by atoms with Gasteiger partial charge < -0.3 is 14.5 Å². The molecule has 0 saturated carbocycles. The lowest BCUT2D eigenvalue weighted by Crippen LogP contribution is -2.23. The zero-order valence-corrected chi connectivity index (χ0v) is 9.47. The molecule has 1 aromatic heterocycles. The van der Waals surface area contributed by atoms with Crippen LogP contribution in [0.2, 0.25) is 0 Å². The normalized spacial score (nSPS) is 11.3. The second kappa shape index (κ2) is 4.29. The lowest BCUT2D eigenvalue weighted by Gasteiger charge is -2.09. The summed E-state index contributed by atoms with van der Waals surface area (Å²) in [5.74, 6) is -0.741. The first-order valence-electron chi connectivity index (χ1n) is 3.56. The Labute approximate surface area is 95.5 Å². The number of hydrogen-bond donors (Lipinski definition) is 1. The molecule has 4 nitrogen and oxygen atoms in total. The van der Waals surface area contributed by atoms with Crippen molar-refractivity contribution in [1.29, 1.82) is 0 Å². The molecule has 0 amide bonds. The van der Waals surface area contributed by atoms with Gasteiger partial charge in [0.1, 0.15) is 3.70 Å². The molecular formula is C7H5F3INO3. The maximum Gasteiger partial charge on any atom is 0.573 e. The van der Waals surface area contributed by atoms with Gasteiger partial charge in [-0.25, -0.2) is 0 Å². The molecule has 0 aliphatic rings. The van der Waals surface area contributed by atoms with Crippen LogP contribution in [-0.2, 0) is 0 Å². The van der Waals surface area contributed by atoms with Crippen molar-refractivity contribution in [2.24, 2.45) is 0 Å². The molecule has 1 aromatic rings. The van der Waals surface area contributed by atoms with Crippen molar-refractivity contribution >= 4 is 22.6 Å². The molecule has 0 fully saturated rings. The highest BCUT2D eigenvalue weighted by Gasteiger charge is 2.32. The maximum atomic E-state index is 11.8. The van der Waals surface area contributed by atoms with Gasteiger partial charge in [0.15, 0.2) is 11.5 Å². The largest absolute Gasteiger partial charge is 0.573 e. The summed E-state index contributed by atoms with van der Waals surface area (Å²) in [6.45, 7) is 0. The van der Waals surface area contributed by atoms with E-state index in [1.807, 2.05) is 0 Å². The van der Waals surface area contributed by atoms with Gasteiger partial charge in [0, 0.05) is 6.07 Å². The summed E-state index contributed by atoms with van der Waals surface area (Å²) in [6, 6.07) is 0.883. The fraction of sp³-hybridized carbons (Fsp3) is 0.286. The van der Waals surface area contributed by atoms with Gasteiger partial charge >= 0.3 is 6.36 Å². The van der Waals surface area contributed by atoms with Gasteiger partial charge in [-0.2, -0.15) is 0 Å². The summed E-state index contributed by atoms with van der Waals surface area (Å²) in [4.78, 5) is 13.2. The molecular weight excluding hydrogens is 330 g/mol. The van der Waals surface area contributed by atoms with Gasteiger partial charge in [-0.3, -0.25) is 4.79 Å². The molecule has 0 bridgehead atoms. The SMILES string of the molecule is COc1cc(OC(F)(F)F)c(=O)[nH]c1I. The van der Waals surface area contributed by atoms with Crippen molar-refractivity contribution in [1.82, 2.24) is 4.98 Å². The van der Waals surface area contributed by atoms with Crippen LogP contribution in [0.15, 0.2) is 10.9 Å². The maximum absolute atomic E-state index is 11.8. The highest BCUT2D eigenvalue weighted by Crippen LogP contribution is 2.24. The highest BCUT2D eigenvalue weighted by atomic mass is 127. The molecule has 1 heterocycles. The van der Waals surface area contributed by atoms with Crippen LogP contribution < -0.4 is 15.0 Å². The van der Waals surface area contributed by atoms with E-state index in [0.717, 1.165) is 6.07 Å². The lowest BCUT2D eigenvalue weighted by atomic mass is 10.4. The van der Waals surface area contributed by atoms with Crippen LogP contribution in [0.4, 0.5) is 13.2 Å². The summed E-state index contributed by atoms with van der Waals surface area (Å²) in [7, 11) is 1.27. The van der Waals surface area contributed by atoms with Gasteiger partial charge in [0.05, 0.1) is 7.11 Å². The predicted octanol–water partition coefficient (Wildman–Crippen LogP) is 1.89. The van der Waals surface area contributed by atoms with E-state index in [2.05, 4.69) is 9.72 Å². The number of alkyl halides is 3. The third kappa shape index (κ3) is 3.29. The van der Waals surface area contributed by atoms with E-state index in [1.165, 1.54) is 7.11 Å². The lowest BCUT2D eigenvalue weighted by molar-refractivity contribution is -0.275.